The van der Waals surface area contributed by atoms with Gasteiger partial charge in [0.2, 0.25) is 5.91 Å². The van der Waals surface area contributed by atoms with Crippen LogP contribution in [0.2, 0.25) is 5.02 Å². The van der Waals surface area contributed by atoms with Crippen molar-refractivity contribution < 1.29 is 29.1 Å². The number of rotatable bonds is 8. The van der Waals surface area contributed by atoms with Crippen LogP contribution in [0.3, 0.4) is 0 Å². The zero-order valence-electron chi connectivity index (χ0n) is 19.6. The Labute approximate surface area is 217 Å². The summed E-state index contributed by atoms with van der Waals surface area (Å²) in [6, 6.07) is 16.7. The summed E-state index contributed by atoms with van der Waals surface area (Å²) in [5, 5.41) is 19.3. The van der Waals surface area contributed by atoms with Crippen LogP contribution < -0.4 is 21.3 Å². The zero-order chi connectivity index (χ0) is 26.9. The topological polar surface area (TPSA) is 154 Å². The smallest absolute Gasteiger partial charge is 0.335 e. The Balaban J connectivity index is 1.62. The van der Waals surface area contributed by atoms with Crippen molar-refractivity contribution in [1.82, 2.24) is 5.32 Å². The summed E-state index contributed by atoms with van der Waals surface area (Å²) in [6.45, 7) is 0. The minimum absolute atomic E-state index is 0.0672. The van der Waals surface area contributed by atoms with Crippen LogP contribution in [-0.2, 0) is 20.8 Å². The molecule has 5 N–H and O–H groups in total. The molecule has 3 aromatic rings. The molecule has 0 fully saturated rings. The van der Waals surface area contributed by atoms with Gasteiger partial charge in [-0.1, -0.05) is 29.8 Å². The van der Waals surface area contributed by atoms with Crippen LogP contribution in [0, 0.1) is 0 Å². The lowest BCUT2D eigenvalue weighted by Gasteiger charge is -2.13. The molecule has 3 aromatic carbocycles. The lowest BCUT2D eigenvalue weighted by molar-refractivity contribution is -0.133. The van der Waals surface area contributed by atoms with Gasteiger partial charge in [0, 0.05) is 29.9 Å². The third-order valence-corrected chi connectivity index (χ3v) is 5.45. The van der Waals surface area contributed by atoms with Crippen molar-refractivity contribution in [2.45, 2.75) is 12.8 Å². The normalized spacial score (nSPS) is 10.2. The molecule has 0 atom stereocenters. The van der Waals surface area contributed by atoms with Gasteiger partial charge in [-0.3, -0.25) is 19.2 Å². The van der Waals surface area contributed by atoms with Gasteiger partial charge in [0.05, 0.1) is 16.8 Å². The second kappa shape index (κ2) is 12.3. The molecule has 0 aliphatic carbocycles. The fourth-order valence-corrected chi connectivity index (χ4v) is 3.51. The van der Waals surface area contributed by atoms with E-state index in [1.54, 1.807) is 24.3 Å². The molecule has 0 aromatic heterocycles. The van der Waals surface area contributed by atoms with E-state index < -0.39 is 23.7 Å². The van der Waals surface area contributed by atoms with Gasteiger partial charge in [-0.05, 0) is 60.5 Å². The molecule has 0 bridgehead atoms. The number of aryl methyl sites for hydroxylation is 1. The van der Waals surface area contributed by atoms with Gasteiger partial charge >= 0.3 is 17.8 Å². The van der Waals surface area contributed by atoms with Crippen LogP contribution in [0.25, 0.3) is 0 Å². The number of hydrogen-bond donors (Lipinski definition) is 5. The highest BCUT2D eigenvalue weighted by Crippen LogP contribution is 2.22. The molecule has 10 nitrogen and oxygen atoms in total. The Kier molecular flexibility index (Phi) is 8.95. The fraction of sp³-hybridized carbons (Fsp3) is 0.115. The number of para-hydroxylation sites is 1. The third-order valence-electron chi connectivity index (χ3n) is 5.21. The minimum Gasteiger partial charge on any atom is -0.478 e. The molecule has 0 unspecified atom stereocenters. The second-order valence-corrected chi connectivity index (χ2v) is 8.20. The van der Waals surface area contributed by atoms with E-state index >= 15 is 0 Å². The maximum absolute atomic E-state index is 12.6. The molecule has 11 heteroatoms. The predicted octanol–water partition coefficient (Wildman–Crippen LogP) is 3.55. The first-order chi connectivity index (χ1) is 17.7. The molecular weight excluding hydrogens is 500 g/mol. The molecule has 0 saturated heterocycles. The van der Waals surface area contributed by atoms with E-state index in [1.807, 2.05) is 0 Å². The maximum Gasteiger partial charge on any atom is 0.335 e. The quantitative estimate of drug-likeness (QED) is 0.285. The van der Waals surface area contributed by atoms with Crippen molar-refractivity contribution in [1.29, 1.82) is 0 Å². The number of hydrogen-bond acceptors (Lipinski definition) is 5. The number of anilines is 3. The van der Waals surface area contributed by atoms with E-state index in [-0.39, 0.29) is 40.6 Å². The molecule has 0 heterocycles. The van der Waals surface area contributed by atoms with Crippen molar-refractivity contribution >= 4 is 58.3 Å². The second-order valence-electron chi connectivity index (χ2n) is 7.77. The molecule has 0 aliphatic heterocycles. The van der Waals surface area contributed by atoms with Crippen LogP contribution >= 0.6 is 11.6 Å². The Morgan fingerprint density at radius 2 is 1.46 bits per heavy atom. The van der Waals surface area contributed by atoms with Gasteiger partial charge in [-0.25, -0.2) is 4.79 Å². The van der Waals surface area contributed by atoms with Crippen LogP contribution in [0.1, 0.15) is 32.7 Å². The highest BCUT2D eigenvalue weighted by molar-refractivity contribution is 6.44. The van der Waals surface area contributed by atoms with Crippen molar-refractivity contribution in [3.63, 3.8) is 0 Å². The summed E-state index contributed by atoms with van der Waals surface area (Å²) < 4.78 is 0. The number of carbonyl (C=O) groups excluding carboxylic acids is 4. The monoisotopic (exact) mass is 522 g/mol. The summed E-state index contributed by atoms with van der Waals surface area (Å²) >= 11 is 5.97. The lowest BCUT2D eigenvalue weighted by atomic mass is 10.1. The molecule has 190 valence electrons. The first-order valence-corrected chi connectivity index (χ1v) is 11.4. The van der Waals surface area contributed by atoms with E-state index in [0.29, 0.717) is 16.9 Å². The number of carboxylic acids is 1. The standard InChI is InChI=1S/C26H23ClN4O6/c1-28-23(33)19-12-9-17(27)14-21(19)31-25(35)24(34)30-20-5-3-2-4-15(20)8-13-22(32)29-18-10-6-16(7-11-18)26(36)37/h2-7,9-12,14H,8,13H2,1H3,(H,28,33)(H,29,32)(H,30,34)(H,31,35)(H,36,37). The average Bonchev–Trinajstić information content (AvgIpc) is 2.88. The molecule has 0 spiro atoms. The van der Waals surface area contributed by atoms with Crippen molar-refractivity contribution in [2.75, 3.05) is 23.0 Å². The molecule has 0 aliphatic rings. The summed E-state index contributed by atoms with van der Waals surface area (Å²) in [5.41, 5.74) is 1.73. The summed E-state index contributed by atoms with van der Waals surface area (Å²) in [4.78, 5) is 60.5. The molecule has 37 heavy (non-hydrogen) atoms. The number of carbonyl (C=O) groups is 5. The highest BCUT2D eigenvalue weighted by Gasteiger charge is 2.19. The van der Waals surface area contributed by atoms with E-state index in [2.05, 4.69) is 21.3 Å². The van der Waals surface area contributed by atoms with E-state index in [0.717, 1.165) is 0 Å². The Hall–Kier alpha value is -4.70. The number of aromatic carboxylic acids is 1. The Bertz CT molecular complexity index is 1360. The molecule has 4 amide bonds. The highest BCUT2D eigenvalue weighted by atomic mass is 35.5. The SMILES string of the molecule is CNC(=O)c1ccc(Cl)cc1NC(=O)C(=O)Nc1ccccc1CCC(=O)Nc1ccc(C(=O)O)cc1. The zero-order valence-corrected chi connectivity index (χ0v) is 20.4. The molecule has 3 rings (SSSR count). The first kappa shape index (κ1) is 26.9. The summed E-state index contributed by atoms with van der Waals surface area (Å²) in [5.74, 6) is -3.83. The Morgan fingerprint density at radius 3 is 2.11 bits per heavy atom. The third kappa shape index (κ3) is 7.39. The van der Waals surface area contributed by atoms with Gasteiger partial charge in [0.25, 0.3) is 5.91 Å². The number of carboxylic acid groups (broad SMARTS) is 1. The van der Waals surface area contributed by atoms with Crippen LogP contribution in [0.5, 0.6) is 0 Å². The molecular formula is C26H23ClN4O6. The maximum atomic E-state index is 12.6. The van der Waals surface area contributed by atoms with Crippen LogP contribution in [-0.4, -0.2) is 41.8 Å². The van der Waals surface area contributed by atoms with Crippen LogP contribution in [0.15, 0.2) is 66.7 Å². The van der Waals surface area contributed by atoms with Crippen molar-refractivity contribution in [3.05, 3.63) is 88.4 Å². The lowest BCUT2D eigenvalue weighted by Crippen LogP contribution is -2.30. The molecule has 0 saturated carbocycles. The van der Waals surface area contributed by atoms with Gasteiger partial charge < -0.3 is 26.4 Å². The number of nitrogens with one attached hydrogen (secondary N) is 4. The number of amides is 4. The van der Waals surface area contributed by atoms with Gasteiger partial charge in [-0.2, -0.15) is 0 Å². The first-order valence-electron chi connectivity index (χ1n) is 11.0. The van der Waals surface area contributed by atoms with Crippen molar-refractivity contribution in [2.24, 2.45) is 0 Å². The van der Waals surface area contributed by atoms with Gasteiger partial charge in [0.15, 0.2) is 0 Å². The Morgan fingerprint density at radius 1 is 0.811 bits per heavy atom. The number of halogens is 1. The largest absolute Gasteiger partial charge is 0.478 e. The average molecular weight is 523 g/mol. The summed E-state index contributed by atoms with van der Waals surface area (Å²) in [7, 11) is 1.43. The van der Waals surface area contributed by atoms with E-state index in [1.165, 1.54) is 49.5 Å². The summed E-state index contributed by atoms with van der Waals surface area (Å²) in [6.07, 6.45) is 0.323. The molecule has 0 radical (unpaired) electrons. The van der Waals surface area contributed by atoms with E-state index in [4.69, 9.17) is 16.7 Å². The number of benzene rings is 3. The van der Waals surface area contributed by atoms with Gasteiger partial charge in [0.1, 0.15) is 0 Å². The van der Waals surface area contributed by atoms with Crippen LogP contribution in [0.4, 0.5) is 17.1 Å². The van der Waals surface area contributed by atoms with Gasteiger partial charge in [-0.15, -0.1) is 0 Å². The fourth-order valence-electron chi connectivity index (χ4n) is 3.34. The van der Waals surface area contributed by atoms with Crippen molar-refractivity contribution in [3.8, 4) is 0 Å². The minimum atomic E-state index is -1.07. The predicted molar refractivity (Wildman–Crippen MR) is 139 cm³/mol. The van der Waals surface area contributed by atoms with E-state index in [9.17, 15) is 24.0 Å².